The lowest BCUT2D eigenvalue weighted by atomic mass is 10.1. The Morgan fingerprint density at radius 2 is 1.73 bits per heavy atom. The molecule has 0 radical (unpaired) electrons. The number of hydrogen-bond donors (Lipinski definition) is 0. The van der Waals surface area contributed by atoms with Crippen LogP contribution in [0, 0.1) is 5.92 Å². The lowest BCUT2D eigenvalue weighted by molar-refractivity contribution is 0.737. The van der Waals surface area contributed by atoms with Gasteiger partial charge in [-0.15, -0.1) is 0 Å². The summed E-state index contributed by atoms with van der Waals surface area (Å²) in [4.78, 5) is 4.05. The number of nitrogens with zero attached hydrogens (tertiary/aromatic N) is 1. The second-order valence-corrected chi connectivity index (χ2v) is 1.88. The van der Waals surface area contributed by atoms with Crippen molar-refractivity contribution in [2.75, 3.05) is 6.54 Å². The van der Waals surface area contributed by atoms with Crippen molar-refractivity contribution >= 4 is 6.21 Å². The van der Waals surface area contributed by atoms with Gasteiger partial charge in [0.05, 0.1) is 0 Å². The molecule has 0 aromatic heterocycles. The van der Waals surface area contributed by atoms with Crippen LogP contribution in [-0.4, -0.2) is 12.8 Å². The predicted octanol–water partition coefficient (Wildman–Crippen LogP) is 3.32. The molecule has 1 unspecified atom stereocenters. The molecule has 1 rings (SSSR count). The molecular weight excluding hydrogens is 134 g/mol. The van der Waals surface area contributed by atoms with E-state index in [1.54, 1.807) is 0 Å². The molecule has 0 spiro atoms. The first-order chi connectivity index (χ1) is 5.39. The van der Waals surface area contributed by atoms with Crippen molar-refractivity contribution in [1.82, 2.24) is 0 Å². The van der Waals surface area contributed by atoms with Gasteiger partial charge in [-0.2, -0.15) is 0 Å². The number of rotatable bonds is 0. The summed E-state index contributed by atoms with van der Waals surface area (Å²) in [5, 5.41) is 0. The zero-order valence-corrected chi connectivity index (χ0v) is 8.46. The largest absolute Gasteiger partial charge is 0.293 e. The van der Waals surface area contributed by atoms with Crippen LogP contribution in [0.4, 0.5) is 0 Å². The Hall–Kier alpha value is -0.590. The monoisotopic (exact) mass is 155 g/mol. The second kappa shape index (κ2) is 12.1. The Balaban J connectivity index is 0. The van der Waals surface area contributed by atoms with E-state index in [1.165, 1.54) is 0 Å². The summed E-state index contributed by atoms with van der Waals surface area (Å²) in [6.07, 6.45) is 6.00. The highest BCUT2D eigenvalue weighted by Crippen LogP contribution is 1.99. The Labute approximate surface area is 71.2 Å². The van der Waals surface area contributed by atoms with Gasteiger partial charge in [-0.05, 0) is 12.0 Å². The Kier molecular flexibility index (Phi) is 14.4. The molecule has 1 atom stereocenters. The molecule has 0 amide bonds. The van der Waals surface area contributed by atoms with Crippen LogP contribution in [0.2, 0.25) is 0 Å². The fourth-order valence-electron chi connectivity index (χ4n) is 0.588. The van der Waals surface area contributed by atoms with Gasteiger partial charge in [0.25, 0.3) is 0 Å². The maximum atomic E-state index is 4.05. The molecule has 11 heavy (non-hydrogen) atoms. The molecule has 0 bridgehead atoms. The van der Waals surface area contributed by atoms with Crippen molar-refractivity contribution < 1.29 is 0 Å². The molecule has 1 heterocycles. The summed E-state index contributed by atoms with van der Waals surface area (Å²) in [6.45, 7) is 11.1. The van der Waals surface area contributed by atoms with Gasteiger partial charge in [0, 0.05) is 12.8 Å². The van der Waals surface area contributed by atoms with E-state index in [9.17, 15) is 0 Å². The van der Waals surface area contributed by atoms with Gasteiger partial charge >= 0.3 is 0 Å². The summed E-state index contributed by atoms with van der Waals surface area (Å²) in [5.74, 6) is 0.657. The molecule has 66 valence electrons. The molecule has 1 aliphatic heterocycles. The van der Waals surface area contributed by atoms with E-state index in [2.05, 4.69) is 18.0 Å². The number of dihydropyridines is 1. The van der Waals surface area contributed by atoms with E-state index < -0.39 is 0 Å². The van der Waals surface area contributed by atoms with Crippen LogP contribution in [0.1, 0.15) is 34.6 Å². The van der Waals surface area contributed by atoms with Crippen molar-refractivity contribution in [3.8, 4) is 0 Å². The van der Waals surface area contributed by atoms with Crippen molar-refractivity contribution in [3.05, 3.63) is 12.2 Å². The predicted molar refractivity (Wildman–Crippen MR) is 54.4 cm³/mol. The topological polar surface area (TPSA) is 12.4 Å². The quantitative estimate of drug-likeness (QED) is 0.509. The van der Waals surface area contributed by atoms with Gasteiger partial charge in [0.15, 0.2) is 0 Å². The zero-order chi connectivity index (χ0) is 9.11. The molecule has 0 aromatic rings. The minimum absolute atomic E-state index is 0.657. The van der Waals surface area contributed by atoms with E-state index in [-0.39, 0.29) is 0 Å². The Morgan fingerprint density at radius 3 is 1.91 bits per heavy atom. The van der Waals surface area contributed by atoms with E-state index >= 15 is 0 Å². The van der Waals surface area contributed by atoms with Crippen molar-refractivity contribution in [2.24, 2.45) is 10.9 Å². The van der Waals surface area contributed by atoms with Gasteiger partial charge in [-0.25, -0.2) is 0 Å². The fourth-order valence-corrected chi connectivity index (χ4v) is 0.588. The maximum absolute atomic E-state index is 4.05. The number of aliphatic imine (C=N–C) groups is 1. The van der Waals surface area contributed by atoms with Crippen LogP contribution in [0.25, 0.3) is 0 Å². The summed E-state index contributed by atoms with van der Waals surface area (Å²) in [6, 6.07) is 0. The molecule has 1 heteroatoms. The minimum atomic E-state index is 0.657. The van der Waals surface area contributed by atoms with Gasteiger partial charge < -0.3 is 0 Å². The van der Waals surface area contributed by atoms with E-state index in [4.69, 9.17) is 0 Å². The molecule has 0 fully saturated rings. The van der Waals surface area contributed by atoms with Crippen LogP contribution >= 0.6 is 0 Å². The molecular formula is C10H21N. The number of hydrogen-bond acceptors (Lipinski definition) is 1. The Morgan fingerprint density at radius 1 is 1.18 bits per heavy atom. The lowest BCUT2D eigenvalue weighted by Crippen LogP contribution is -1.97. The van der Waals surface area contributed by atoms with E-state index in [0.29, 0.717) is 5.92 Å². The van der Waals surface area contributed by atoms with Gasteiger partial charge in [-0.1, -0.05) is 40.7 Å². The minimum Gasteiger partial charge on any atom is -0.293 e. The highest BCUT2D eigenvalue weighted by atomic mass is 14.7. The second-order valence-electron chi connectivity index (χ2n) is 1.88. The van der Waals surface area contributed by atoms with E-state index in [0.717, 1.165) is 6.54 Å². The van der Waals surface area contributed by atoms with Gasteiger partial charge in [0.1, 0.15) is 0 Å². The molecule has 1 aliphatic rings. The van der Waals surface area contributed by atoms with E-state index in [1.807, 2.05) is 40.0 Å². The summed E-state index contributed by atoms with van der Waals surface area (Å²) >= 11 is 0. The third kappa shape index (κ3) is 9.41. The van der Waals surface area contributed by atoms with Crippen LogP contribution in [0.5, 0.6) is 0 Å². The molecule has 0 saturated carbocycles. The standard InChI is InChI=1S/C6H9N.2C2H6/c1-6-3-2-4-7-5-6;2*1-2/h2-4,6H,5H2,1H3;2*1-2H3. The summed E-state index contributed by atoms with van der Waals surface area (Å²) in [5.41, 5.74) is 0. The number of allylic oxidation sites excluding steroid dienone is 1. The van der Waals surface area contributed by atoms with Crippen molar-refractivity contribution in [2.45, 2.75) is 34.6 Å². The SMILES string of the molecule is CC.CC.CC1C=CC=NC1. The summed E-state index contributed by atoms with van der Waals surface area (Å²) < 4.78 is 0. The maximum Gasteiger partial charge on any atom is 0.0449 e. The third-order valence-electron chi connectivity index (χ3n) is 1.02. The van der Waals surface area contributed by atoms with Crippen LogP contribution in [0.3, 0.4) is 0 Å². The highest BCUT2D eigenvalue weighted by molar-refractivity contribution is 5.71. The first-order valence-electron chi connectivity index (χ1n) is 4.56. The first kappa shape index (κ1) is 13.0. The average Bonchev–Trinajstić information content (AvgIpc) is 2.13. The van der Waals surface area contributed by atoms with Gasteiger partial charge in [0.2, 0.25) is 0 Å². The van der Waals surface area contributed by atoms with Crippen LogP contribution < -0.4 is 0 Å². The lowest BCUT2D eigenvalue weighted by Gasteiger charge is -2.01. The normalized spacial score (nSPS) is 19.2. The molecule has 0 aromatic carbocycles. The van der Waals surface area contributed by atoms with Crippen molar-refractivity contribution in [3.63, 3.8) is 0 Å². The molecule has 0 saturated heterocycles. The highest BCUT2D eigenvalue weighted by Gasteiger charge is 1.94. The van der Waals surface area contributed by atoms with Crippen LogP contribution in [0.15, 0.2) is 17.1 Å². The zero-order valence-electron chi connectivity index (χ0n) is 8.46. The van der Waals surface area contributed by atoms with Gasteiger partial charge in [-0.3, -0.25) is 4.99 Å². The molecule has 1 nitrogen and oxygen atoms in total. The van der Waals surface area contributed by atoms with Crippen LogP contribution in [-0.2, 0) is 0 Å². The third-order valence-corrected chi connectivity index (χ3v) is 1.02. The first-order valence-corrected chi connectivity index (χ1v) is 4.56. The molecule has 0 N–H and O–H groups in total. The fraction of sp³-hybridized carbons (Fsp3) is 0.700. The summed E-state index contributed by atoms with van der Waals surface area (Å²) in [7, 11) is 0. The molecule has 0 aliphatic carbocycles. The Bertz CT molecular complexity index is 103. The van der Waals surface area contributed by atoms with Crippen molar-refractivity contribution in [1.29, 1.82) is 0 Å². The average molecular weight is 155 g/mol. The smallest absolute Gasteiger partial charge is 0.0449 e.